The quantitative estimate of drug-likeness (QED) is 0.400. The molecule has 0 fully saturated rings. The molecule has 134 valence electrons. The molecule has 0 bridgehead atoms. The van der Waals surface area contributed by atoms with E-state index in [4.69, 9.17) is 16.6 Å². The van der Waals surface area contributed by atoms with E-state index in [1.54, 1.807) is 6.07 Å². The molecule has 0 aliphatic carbocycles. The first-order valence-electron chi connectivity index (χ1n) is 7.91. The third-order valence-corrected chi connectivity index (χ3v) is 5.23. The molecule has 27 heavy (non-hydrogen) atoms. The Labute approximate surface area is 172 Å². The van der Waals surface area contributed by atoms with Crippen LogP contribution >= 0.6 is 39.5 Å². The average molecular weight is 458 g/mol. The van der Waals surface area contributed by atoms with Gasteiger partial charge in [-0.25, -0.2) is 4.98 Å². The molecule has 0 atom stereocenters. The summed E-state index contributed by atoms with van der Waals surface area (Å²) in [5, 5.41) is 9.10. The van der Waals surface area contributed by atoms with Crippen LogP contribution in [0.2, 0.25) is 0 Å². The van der Waals surface area contributed by atoms with Crippen molar-refractivity contribution in [2.45, 2.75) is 0 Å². The number of furan rings is 1. The lowest BCUT2D eigenvalue weighted by Gasteiger charge is -2.05. The van der Waals surface area contributed by atoms with Gasteiger partial charge in [-0.1, -0.05) is 46.3 Å². The van der Waals surface area contributed by atoms with Gasteiger partial charge in [-0.15, -0.1) is 11.3 Å². The van der Waals surface area contributed by atoms with Gasteiger partial charge in [0.05, 0.1) is 5.69 Å². The van der Waals surface area contributed by atoms with Crippen LogP contribution in [0.15, 0.2) is 68.9 Å². The molecule has 4 aromatic rings. The van der Waals surface area contributed by atoms with Crippen LogP contribution in [0.3, 0.4) is 0 Å². The van der Waals surface area contributed by atoms with Gasteiger partial charge in [-0.05, 0) is 36.5 Å². The number of aromatic nitrogens is 1. The second kappa shape index (κ2) is 7.59. The third-order valence-electron chi connectivity index (χ3n) is 3.74. The summed E-state index contributed by atoms with van der Waals surface area (Å²) in [4.78, 5) is 16.8. The van der Waals surface area contributed by atoms with Crippen LogP contribution in [-0.4, -0.2) is 16.0 Å². The molecule has 0 aliphatic heterocycles. The number of thiazole rings is 1. The van der Waals surface area contributed by atoms with Gasteiger partial charge in [-0.2, -0.15) is 0 Å². The van der Waals surface area contributed by atoms with Crippen LogP contribution in [0, 0.1) is 0 Å². The van der Waals surface area contributed by atoms with Crippen molar-refractivity contribution in [2.24, 2.45) is 0 Å². The molecule has 1 amide bonds. The topological polar surface area (TPSA) is 67.2 Å². The molecule has 8 heteroatoms. The van der Waals surface area contributed by atoms with Crippen molar-refractivity contribution in [3.8, 4) is 11.3 Å². The van der Waals surface area contributed by atoms with E-state index in [0.717, 1.165) is 21.1 Å². The van der Waals surface area contributed by atoms with Crippen molar-refractivity contribution >= 4 is 66.6 Å². The molecule has 0 radical (unpaired) electrons. The zero-order chi connectivity index (χ0) is 18.8. The number of para-hydroxylation sites is 1. The molecular formula is C19H12BrN3O2S2. The van der Waals surface area contributed by atoms with E-state index >= 15 is 0 Å². The Morgan fingerprint density at radius 1 is 1.15 bits per heavy atom. The summed E-state index contributed by atoms with van der Waals surface area (Å²) in [6.45, 7) is 0. The zero-order valence-electron chi connectivity index (χ0n) is 13.7. The van der Waals surface area contributed by atoms with Crippen molar-refractivity contribution in [3.63, 3.8) is 0 Å². The smallest absolute Gasteiger partial charge is 0.293 e. The molecule has 0 unspecified atom stereocenters. The molecule has 0 saturated carbocycles. The number of rotatable bonds is 3. The Morgan fingerprint density at radius 3 is 2.70 bits per heavy atom. The summed E-state index contributed by atoms with van der Waals surface area (Å²) in [6, 6.07) is 17.0. The summed E-state index contributed by atoms with van der Waals surface area (Å²) in [6.07, 6.45) is 0. The zero-order valence-corrected chi connectivity index (χ0v) is 17.0. The maximum absolute atomic E-state index is 12.3. The van der Waals surface area contributed by atoms with Gasteiger partial charge in [0.2, 0.25) is 0 Å². The Hall–Kier alpha value is -2.55. The molecule has 4 rings (SSSR count). The molecule has 2 heterocycles. The number of carbonyl (C=O) groups is 1. The number of halogens is 1. The number of carbonyl (C=O) groups excluding carboxylic acids is 1. The number of nitrogens with one attached hydrogen (secondary N) is 2. The highest BCUT2D eigenvalue weighted by Crippen LogP contribution is 2.26. The Kier molecular flexibility index (Phi) is 5.02. The number of fused-ring (bicyclic) bond motifs is 1. The first-order chi connectivity index (χ1) is 13.1. The molecule has 2 aromatic heterocycles. The number of nitrogens with zero attached hydrogens (tertiary/aromatic N) is 1. The van der Waals surface area contributed by atoms with Crippen molar-refractivity contribution in [2.75, 3.05) is 5.32 Å². The highest BCUT2D eigenvalue weighted by atomic mass is 79.9. The minimum Gasteiger partial charge on any atom is -0.451 e. The largest absolute Gasteiger partial charge is 0.451 e. The minimum absolute atomic E-state index is 0.164. The van der Waals surface area contributed by atoms with E-state index in [9.17, 15) is 4.79 Å². The fraction of sp³-hybridized carbons (Fsp3) is 0. The lowest BCUT2D eigenvalue weighted by atomic mass is 10.2. The van der Waals surface area contributed by atoms with Crippen LogP contribution in [0.4, 0.5) is 5.13 Å². The van der Waals surface area contributed by atoms with Crippen LogP contribution < -0.4 is 10.6 Å². The molecule has 0 aliphatic rings. The van der Waals surface area contributed by atoms with E-state index < -0.39 is 5.91 Å². The number of hydrogen-bond donors (Lipinski definition) is 2. The molecule has 0 spiro atoms. The van der Waals surface area contributed by atoms with E-state index in [-0.39, 0.29) is 10.9 Å². The number of anilines is 1. The Morgan fingerprint density at radius 2 is 1.93 bits per heavy atom. The standard InChI is InChI=1S/C19H12BrN3O2S2/c20-13-7-5-11(6-8-13)14-10-27-19(21-14)23-18(26)22-17(24)16-9-12-3-1-2-4-15(12)25-16/h1-10H,(H2,21,22,23,24,26). The van der Waals surface area contributed by atoms with E-state index in [2.05, 4.69) is 31.5 Å². The number of benzene rings is 2. The maximum atomic E-state index is 12.3. The molecule has 0 saturated heterocycles. The third kappa shape index (κ3) is 4.08. The second-order valence-electron chi connectivity index (χ2n) is 5.60. The molecule has 2 aromatic carbocycles. The Balaban J connectivity index is 1.42. The lowest BCUT2D eigenvalue weighted by molar-refractivity contribution is 0.0953. The molecule has 5 nitrogen and oxygen atoms in total. The van der Waals surface area contributed by atoms with Crippen molar-refractivity contribution in [1.29, 1.82) is 0 Å². The van der Waals surface area contributed by atoms with Crippen LogP contribution in [0.5, 0.6) is 0 Å². The first kappa shape index (κ1) is 17.8. The maximum Gasteiger partial charge on any atom is 0.293 e. The Bertz CT molecular complexity index is 1100. The lowest BCUT2D eigenvalue weighted by Crippen LogP contribution is -2.33. The van der Waals surface area contributed by atoms with Gasteiger partial charge in [0.25, 0.3) is 5.91 Å². The van der Waals surface area contributed by atoms with Crippen molar-refractivity contribution < 1.29 is 9.21 Å². The van der Waals surface area contributed by atoms with Gasteiger partial charge in [0.15, 0.2) is 16.0 Å². The fourth-order valence-electron chi connectivity index (χ4n) is 2.47. The first-order valence-corrected chi connectivity index (χ1v) is 9.99. The number of thiocarbonyl (C=S) groups is 1. The van der Waals surface area contributed by atoms with Gasteiger partial charge >= 0.3 is 0 Å². The average Bonchev–Trinajstić information content (AvgIpc) is 3.29. The second-order valence-corrected chi connectivity index (χ2v) is 7.78. The SMILES string of the molecule is O=C(NC(=S)Nc1nc(-c2ccc(Br)cc2)cs1)c1cc2ccccc2o1. The molecule has 2 N–H and O–H groups in total. The van der Waals surface area contributed by atoms with Crippen LogP contribution in [-0.2, 0) is 0 Å². The highest BCUT2D eigenvalue weighted by molar-refractivity contribution is 9.10. The summed E-state index contributed by atoms with van der Waals surface area (Å²) in [5.74, 6) is -0.205. The number of amides is 1. The van der Waals surface area contributed by atoms with E-state index in [1.807, 2.05) is 53.9 Å². The predicted molar refractivity (Wildman–Crippen MR) is 115 cm³/mol. The summed E-state index contributed by atoms with van der Waals surface area (Å²) in [5.41, 5.74) is 2.49. The van der Waals surface area contributed by atoms with Gasteiger partial charge in [0, 0.05) is 20.8 Å². The van der Waals surface area contributed by atoms with Gasteiger partial charge in [0.1, 0.15) is 5.58 Å². The van der Waals surface area contributed by atoms with Crippen molar-refractivity contribution in [1.82, 2.24) is 10.3 Å². The van der Waals surface area contributed by atoms with Crippen molar-refractivity contribution in [3.05, 3.63) is 70.2 Å². The van der Waals surface area contributed by atoms with E-state index in [0.29, 0.717) is 10.7 Å². The fourth-order valence-corrected chi connectivity index (χ4v) is 3.71. The molecular weight excluding hydrogens is 446 g/mol. The van der Waals surface area contributed by atoms with Gasteiger partial charge in [-0.3, -0.25) is 10.1 Å². The normalized spacial score (nSPS) is 10.7. The monoisotopic (exact) mass is 457 g/mol. The summed E-state index contributed by atoms with van der Waals surface area (Å²) >= 11 is 10.0. The van der Waals surface area contributed by atoms with Crippen LogP contribution in [0.25, 0.3) is 22.2 Å². The minimum atomic E-state index is -0.409. The highest BCUT2D eigenvalue weighted by Gasteiger charge is 2.14. The number of hydrogen-bond acceptors (Lipinski definition) is 5. The van der Waals surface area contributed by atoms with Gasteiger partial charge < -0.3 is 9.73 Å². The summed E-state index contributed by atoms with van der Waals surface area (Å²) < 4.78 is 6.54. The van der Waals surface area contributed by atoms with Crippen LogP contribution in [0.1, 0.15) is 10.6 Å². The summed E-state index contributed by atoms with van der Waals surface area (Å²) in [7, 11) is 0. The predicted octanol–water partition coefficient (Wildman–Crippen LogP) is 5.45. The van der Waals surface area contributed by atoms with E-state index in [1.165, 1.54) is 11.3 Å².